The molecule has 3 heterocycles. The molecular weight excluding hydrogens is 452 g/mol. The summed E-state index contributed by atoms with van der Waals surface area (Å²) in [4.78, 5) is 2.63. The molecule has 2 aliphatic carbocycles. The van der Waals surface area contributed by atoms with E-state index < -0.39 is 0 Å². The topological polar surface area (TPSA) is 24.5 Å². The second-order valence-electron chi connectivity index (χ2n) is 11.8. The number of allylic oxidation sites excluding steroid dienone is 6. The Morgan fingerprint density at radius 1 is 1.00 bits per heavy atom. The molecule has 0 radical (unpaired) electrons. The molecule has 0 bridgehead atoms. The minimum atomic E-state index is 0.343. The summed E-state index contributed by atoms with van der Waals surface area (Å²) in [6, 6.07) is 0.343. The summed E-state index contributed by atoms with van der Waals surface area (Å²) in [6.07, 6.45) is 20.5. The SMILES string of the molecule is CC1CCN(C[C@@H]2CCC3=C(CCC(C#CC4CCC(C5CC=C(Cl)CCC5)CN4)=CC3)O2)CC1. The van der Waals surface area contributed by atoms with Crippen LogP contribution >= 0.6 is 11.6 Å². The first kappa shape index (κ1) is 25.4. The van der Waals surface area contributed by atoms with Crippen LogP contribution < -0.4 is 5.32 Å². The Hall–Kier alpha value is -1.21. The maximum Gasteiger partial charge on any atom is 0.111 e. The molecule has 2 saturated heterocycles. The molecule has 0 aromatic rings. The summed E-state index contributed by atoms with van der Waals surface area (Å²) < 4.78 is 6.56. The smallest absolute Gasteiger partial charge is 0.111 e. The molecule has 1 N–H and O–H groups in total. The van der Waals surface area contributed by atoms with Gasteiger partial charge in [-0.15, -0.1) is 0 Å². The van der Waals surface area contributed by atoms with Crippen molar-refractivity contribution in [2.24, 2.45) is 17.8 Å². The molecule has 4 atom stereocenters. The highest BCUT2D eigenvalue weighted by molar-refractivity contribution is 6.29. The minimum Gasteiger partial charge on any atom is -0.493 e. The van der Waals surface area contributed by atoms with Crippen LogP contribution in [0.4, 0.5) is 0 Å². The van der Waals surface area contributed by atoms with Crippen molar-refractivity contribution in [1.29, 1.82) is 0 Å². The van der Waals surface area contributed by atoms with Gasteiger partial charge in [-0.25, -0.2) is 0 Å². The molecule has 3 nitrogen and oxygen atoms in total. The quantitative estimate of drug-likeness (QED) is 0.428. The van der Waals surface area contributed by atoms with Crippen molar-refractivity contribution in [2.45, 2.75) is 103 Å². The summed E-state index contributed by atoms with van der Waals surface area (Å²) in [5, 5.41) is 4.83. The van der Waals surface area contributed by atoms with E-state index in [1.807, 2.05) is 0 Å². The fourth-order valence-electron chi connectivity index (χ4n) is 6.69. The highest BCUT2D eigenvalue weighted by atomic mass is 35.5. The molecule has 0 amide bonds. The predicted molar refractivity (Wildman–Crippen MR) is 146 cm³/mol. The van der Waals surface area contributed by atoms with Gasteiger partial charge in [0.25, 0.3) is 0 Å². The first-order valence-corrected chi connectivity index (χ1v) is 14.9. The van der Waals surface area contributed by atoms with Gasteiger partial charge in [-0.1, -0.05) is 42.5 Å². The molecule has 5 aliphatic rings. The molecule has 0 spiro atoms. The Balaban J connectivity index is 1.06. The average molecular weight is 497 g/mol. The van der Waals surface area contributed by atoms with E-state index in [1.165, 1.54) is 81.4 Å². The van der Waals surface area contributed by atoms with E-state index >= 15 is 0 Å². The molecule has 4 heteroatoms. The number of ether oxygens (including phenoxy) is 1. The van der Waals surface area contributed by atoms with Crippen LogP contribution in [0.3, 0.4) is 0 Å². The number of halogens is 1. The van der Waals surface area contributed by atoms with Crippen molar-refractivity contribution < 1.29 is 4.74 Å². The Kier molecular flexibility index (Phi) is 8.98. The van der Waals surface area contributed by atoms with Gasteiger partial charge in [0.2, 0.25) is 0 Å². The van der Waals surface area contributed by atoms with Crippen molar-refractivity contribution in [2.75, 3.05) is 26.2 Å². The van der Waals surface area contributed by atoms with Crippen molar-refractivity contribution in [3.05, 3.63) is 34.1 Å². The molecule has 0 aromatic carbocycles. The standard InChI is InChI=1S/C31H45ClN2O/c1-23-17-19-34(20-18-23)22-30-15-11-26-8-5-24(7-16-31(26)35-30)6-13-29-14-10-27(21-33-29)25-3-2-4-28(32)12-9-25/h5,12,23,25,27,29-30,33H,2-4,7-11,14-22H2,1H3/t25?,27?,29?,30-/m0/s1. The zero-order chi connectivity index (χ0) is 24.0. The van der Waals surface area contributed by atoms with E-state index in [2.05, 4.69) is 41.1 Å². The van der Waals surface area contributed by atoms with Crippen LogP contribution in [0.5, 0.6) is 0 Å². The van der Waals surface area contributed by atoms with Crippen LogP contribution in [0.1, 0.15) is 90.4 Å². The lowest BCUT2D eigenvalue weighted by Crippen LogP contribution is -2.40. The van der Waals surface area contributed by atoms with Crippen LogP contribution in [-0.2, 0) is 4.74 Å². The summed E-state index contributed by atoms with van der Waals surface area (Å²) in [5.74, 6) is 10.9. The van der Waals surface area contributed by atoms with Gasteiger partial charge in [-0.2, -0.15) is 0 Å². The molecule has 0 saturated carbocycles. The number of nitrogens with zero attached hydrogens (tertiary/aromatic N) is 1. The van der Waals surface area contributed by atoms with E-state index in [9.17, 15) is 0 Å². The molecule has 3 aliphatic heterocycles. The monoisotopic (exact) mass is 496 g/mol. The van der Waals surface area contributed by atoms with E-state index in [-0.39, 0.29) is 0 Å². The number of rotatable bonds is 3. The lowest BCUT2D eigenvalue weighted by atomic mass is 9.80. The Labute approximate surface area is 218 Å². The van der Waals surface area contributed by atoms with Gasteiger partial charge < -0.3 is 10.1 Å². The van der Waals surface area contributed by atoms with Crippen molar-refractivity contribution in [1.82, 2.24) is 10.2 Å². The zero-order valence-electron chi connectivity index (χ0n) is 21.8. The van der Waals surface area contributed by atoms with Gasteiger partial charge in [0, 0.05) is 18.0 Å². The van der Waals surface area contributed by atoms with Crippen molar-refractivity contribution in [3.63, 3.8) is 0 Å². The van der Waals surface area contributed by atoms with E-state index in [0.29, 0.717) is 12.1 Å². The van der Waals surface area contributed by atoms with Crippen LogP contribution in [0.25, 0.3) is 0 Å². The van der Waals surface area contributed by atoms with Gasteiger partial charge in [0.1, 0.15) is 6.10 Å². The fraction of sp³-hybridized carbons (Fsp3) is 0.742. The second kappa shape index (κ2) is 12.4. The van der Waals surface area contributed by atoms with E-state index in [1.54, 1.807) is 0 Å². The lowest BCUT2D eigenvalue weighted by molar-refractivity contribution is 0.0403. The lowest BCUT2D eigenvalue weighted by Gasteiger charge is -2.35. The van der Waals surface area contributed by atoms with Crippen LogP contribution in [0.2, 0.25) is 0 Å². The molecule has 192 valence electrons. The number of piperidine rings is 2. The van der Waals surface area contributed by atoms with Crippen molar-refractivity contribution in [3.8, 4) is 11.8 Å². The third kappa shape index (κ3) is 7.18. The summed E-state index contributed by atoms with van der Waals surface area (Å²) in [5.41, 5.74) is 2.85. The van der Waals surface area contributed by atoms with Crippen LogP contribution in [0, 0.1) is 29.6 Å². The largest absolute Gasteiger partial charge is 0.493 e. The molecular formula is C31H45ClN2O. The van der Waals surface area contributed by atoms with Gasteiger partial charge in [-0.3, -0.25) is 4.90 Å². The third-order valence-electron chi connectivity index (χ3n) is 9.18. The highest BCUT2D eigenvalue weighted by Gasteiger charge is 2.28. The second-order valence-corrected chi connectivity index (χ2v) is 12.3. The predicted octanol–water partition coefficient (Wildman–Crippen LogP) is 6.95. The molecule has 5 rings (SSSR count). The van der Waals surface area contributed by atoms with Crippen LogP contribution in [0.15, 0.2) is 34.1 Å². The normalized spacial score (nSPS) is 33.3. The minimum absolute atomic E-state index is 0.343. The highest BCUT2D eigenvalue weighted by Crippen LogP contribution is 2.35. The van der Waals surface area contributed by atoms with E-state index in [0.717, 1.165) is 68.0 Å². The maximum absolute atomic E-state index is 6.56. The number of likely N-dealkylation sites (tertiary alicyclic amines) is 1. The summed E-state index contributed by atoms with van der Waals surface area (Å²) >= 11 is 6.28. The first-order chi connectivity index (χ1) is 17.1. The van der Waals surface area contributed by atoms with Gasteiger partial charge in [-0.05, 0) is 126 Å². The number of nitrogens with one attached hydrogen (secondary N) is 1. The van der Waals surface area contributed by atoms with Crippen LogP contribution in [-0.4, -0.2) is 43.2 Å². The van der Waals surface area contributed by atoms with Gasteiger partial charge in [0.05, 0.1) is 11.8 Å². The summed E-state index contributed by atoms with van der Waals surface area (Å²) in [7, 11) is 0. The Bertz CT molecular complexity index is 877. The first-order valence-electron chi connectivity index (χ1n) is 14.5. The third-order valence-corrected chi connectivity index (χ3v) is 9.53. The van der Waals surface area contributed by atoms with Gasteiger partial charge >= 0.3 is 0 Å². The van der Waals surface area contributed by atoms with E-state index in [4.69, 9.17) is 16.3 Å². The molecule has 2 fully saturated rings. The summed E-state index contributed by atoms with van der Waals surface area (Å²) in [6.45, 7) is 7.10. The fourth-order valence-corrected chi connectivity index (χ4v) is 6.91. The van der Waals surface area contributed by atoms with Crippen molar-refractivity contribution >= 4 is 11.6 Å². The zero-order valence-corrected chi connectivity index (χ0v) is 22.6. The number of hydrogen-bond acceptors (Lipinski definition) is 3. The Morgan fingerprint density at radius 3 is 2.71 bits per heavy atom. The molecule has 35 heavy (non-hydrogen) atoms. The molecule has 3 unspecified atom stereocenters. The molecule has 0 aromatic heterocycles. The number of hydrogen-bond donors (Lipinski definition) is 1. The maximum atomic E-state index is 6.56. The van der Waals surface area contributed by atoms with Gasteiger partial charge in [0.15, 0.2) is 0 Å². The average Bonchev–Trinajstić information content (AvgIpc) is 3.22. The Morgan fingerprint density at radius 2 is 1.89 bits per heavy atom.